The molecule has 4 rings (SSSR count). The van der Waals surface area contributed by atoms with Crippen molar-refractivity contribution in [1.29, 1.82) is 0 Å². The average molecular weight is 499 g/mol. The van der Waals surface area contributed by atoms with Gasteiger partial charge in [0.25, 0.3) is 10.0 Å². The third-order valence-corrected chi connectivity index (χ3v) is 7.03. The number of aromatic nitrogens is 2. The van der Waals surface area contributed by atoms with Crippen molar-refractivity contribution in [3.8, 4) is 17.7 Å². The SMILES string of the molecule is COc1ncc(C2=CCOCC2)cc1S(=O)(=O)Nc1cncc(C#CCN2C[C@@H](C)O[C@@H](C)C2)c1. The molecular weight excluding hydrogens is 468 g/mol. The summed E-state index contributed by atoms with van der Waals surface area (Å²) in [6.45, 7) is 7.44. The molecule has 0 unspecified atom stereocenters. The Balaban J connectivity index is 1.50. The molecular formula is C25H30N4O5S. The Bertz CT molecular complexity index is 1240. The molecule has 0 aromatic carbocycles. The van der Waals surface area contributed by atoms with Crippen molar-refractivity contribution < 1.29 is 22.6 Å². The molecule has 186 valence electrons. The highest BCUT2D eigenvalue weighted by molar-refractivity contribution is 7.92. The monoisotopic (exact) mass is 498 g/mol. The van der Waals surface area contributed by atoms with Gasteiger partial charge in [0, 0.05) is 31.0 Å². The third-order valence-electron chi connectivity index (χ3n) is 5.66. The van der Waals surface area contributed by atoms with Gasteiger partial charge in [0.2, 0.25) is 5.88 Å². The van der Waals surface area contributed by atoms with E-state index in [9.17, 15) is 8.42 Å². The van der Waals surface area contributed by atoms with Gasteiger partial charge in [-0.25, -0.2) is 13.4 Å². The predicted octanol–water partition coefficient (Wildman–Crippen LogP) is 2.55. The van der Waals surface area contributed by atoms with Gasteiger partial charge >= 0.3 is 0 Å². The highest BCUT2D eigenvalue weighted by atomic mass is 32.2. The lowest BCUT2D eigenvalue weighted by Gasteiger charge is -2.34. The lowest BCUT2D eigenvalue weighted by molar-refractivity contribution is -0.0640. The van der Waals surface area contributed by atoms with Crippen LogP contribution >= 0.6 is 0 Å². The van der Waals surface area contributed by atoms with E-state index in [2.05, 4.69) is 45.3 Å². The van der Waals surface area contributed by atoms with Crippen LogP contribution in [0.25, 0.3) is 5.57 Å². The van der Waals surface area contributed by atoms with Crippen LogP contribution in [0.5, 0.6) is 5.88 Å². The predicted molar refractivity (Wildman–Crippen MR) is 133 cm³/mol. The van der Waals surface area contributed by atoms with Crippen LogP contribution in [0.15, 0.2) is 41.7 Å². The fourth-order valence-corrected chi connectivity index (χ4v) is 5.36. The minimum Gasteiger partial charge on any atom is -0.480 e. The second-order valence-electron chi connectivity index (χ2n) is 8.61. The number of rotatable bonds is 6. The second kappa shape index (κ2) is 11.2. The summed E-state index contributed by atoms with van der Waals surface area (Å²) in [4.78, 5) is 10.6. The van der Waals surface area contributed by atoms with Gasteiger partial charge in [-0.15, -0.1) is 0 Å². The molecule has 2 aromatic heterocycles. The number of nitrogens with zero attached hydrogens (tertiary/aromatic N) is 3. The molecule has 0 saturated carbocycles. The smallest absolute Gasteiger partial charge is 0.267 e. The molecule has 1 fully saturated rings. The van der Waals surface area contributed by atoms with Crippen LogP contribution in [0.1, 0.15) is 31.4 Å². The number of methoxy groups -OCH3 is 1. The minimum atomic E-state index is -3.99. The Morgan fingerprint density at radius 2 is 2.00 bits per heavy atom. The first-order valence-corrected chi connectivity index (χ1v) is 13.0. The van der Waals surface area contributed by atoms with Crippen LogP contribution < -0.4 is 9.46 Å². The number of hydrogen-bond donors (Lipinski definition) is 1. The Hall–Kier alpha value is -2.97. The summed E-state index contributed by atoms with van der Waals surface area (Å²) < 4.78 is 45.4. The maximum atomic E-state index is 13.3. The molecule has 10 heteroatoms. The molecule has 4 heterocycles. The second-order valence-corrected chi connectivity index (χ2v) is 10.3. The van der Waals surface area contributed by atoms with Crippen LogP contribution in [-0.2, 0) is 19.5 Å². The summed E-state index contributed by atoms with van der Waals surface area (Å²) in [5, 5.41) is 0. The van der Waals surface area contributed by atoms with E-state index in [0.29, 0.717) is 37.4 Å². The lowest BCUT2D eigenvalue weighted by Crippen LogP contribution is -2.45. The highest BCUT2D eigenvalue weighted by Crippen LogP contribution is 2.29. The fourth-order valence-electron chi connectivity index (χ4n) is 4.18. The molecule has 2 aliphatic heterocycles. The summed E-state index contributed by atoms with van der Waals surface area (Å²) in [5.74, 6) is 6.25. The number of sulfonamides is 1. The number of pyridine rings is 2. The molecule has 9 nitrogen and oxygen atoms in total. The number of hydrogen-bond acceptors (Lipinski definition) is 8. The van der Waals surface area contributed by atoms with Crippen molar-refractivity contribution in [3.63, 3.8) is 0 Å². The molecule has 0 spiro atoms. The molecule has 0 bridgehead atoms. The van der Waals surface area contributed by atoms with Gasteiger partial charge < -0.3 is 14.2 Å². The number of morpholine rings is 1. The molecule has 1 N–H and O–H groups in total. The summed E-state index contributed by atoms with van der Waals surface area (Å²) in [6, 6.07) is 3.24. The van der Waals surface area contributed by atoms with E-state index in [0.717, 1.165) is 24.2 Å². The van der Waals surface area contributed by atoms with Crippen molar-refractivity contribution in [2.75, 3.05) is 44.7 Å². The van der Waals surface area contributed by atoms with Gasteiger partial charge in [-0.2, -0.15) is 0 Å². The number of nitrogens with one attached hydrogen (secondary N) is 1. The normalized spacial score (nSPS) is 20.9. The number of anilines is 1. The number of ether oxygens (including phenoxy) is 3. The van der Waals surface area contributed by atoms with Gasteiger partial charge in [-0.3, -0.25) is 14.6 Å². The molecule has 1 saturated heterocycles. The Morgan fingerprint density at radius 1 is 1.20 bits per heavy atom. The van der Waals surface area contributed by atoms with Crippen LogP contribution in [0.3, 0.4) is 0 Å². The zero-order valence-corrected chi connectivity index (χ0v) is 21.0. The standard InChI is InChI=1S/C25H30N4O5S/c1-18-16-29(17-19(2)34-18)8-4-5-20-11-23(15-26-13-20)28-35(30,31)24-12-22(14-27-25(24)32-3)21-6-9-33-10-7-21/h6,11-15,18-19,28H,7-10,16-17H2,1-3H3/t18-,19+. The topological polar surface area (TPSA) is 103 Å². The molecule has 35 heavy (non-hydrogen) atoms. The van der Waals surface area contributed by atoms with Crippen LogP contribution in [0, 0.1) is 11.8 Å². The van der Waals surface area contributed by atoms with E-state index in [1.54, 1.807) is 24.5 Å². The van der Waals surface area contributed by atoms with Crippen molar-refractivity contribution >= 4 is 21.3 Å². The van der Waals surface area contributed by atoms with Gasteiger partial charge in [0.1, 0.15) is 4.90 Å². The zero-order valence-electron chi connectivity index (χ0n) is 20.2. The van der Waals surface area contributed by atoms with Crippen LogP contribution in [0.4, 0.5) is 5.69 Å². The summed E-state index contributed by atoms with van der Waals surface area (Å²) in [6.07, 6.45) is 7.63. The van der Waals surface area contributed by atoms with Crippen molar-refractivity contribution in [2.24, 2.45) is 0 Å². The molecule has 2 aromatic rings. The first-order valence-electron chi connectivity index (χ1n) is 11.5. The quantitative estimate of drug-likeness (QED) is 0.607. The summed E-state index contributed by atoms with van der Waals surface area (Å²) in [7, 11) is -2.60. The van der Waals surface area contributed by atoms with Gasteiger partial charge in [0.15, 0.2) is 0 Å². The third kappa shape index (κ3) is 6.58. The Kier molecular flexibility index (Phi) is 8.03. The maximum Gasteiger partial charge on any atom is 0.267 e. The van der Waals surface area contributed by atoms with Crippen LogP contribution in [0.2, 0.25) is 0 Å². The molecule has 2 atom stereocenters. The van der Waals surface area contributed by atoms with E-state index in [4.69, 9.17) is 14.2 Å². The molecule has 0 aliphatic carbocycles. The Labute approximate surface area is 206 Å². The Morgan fingerprint density at radius 3 is 2.71 bits per heavy atom. The lowest BCUT2D eigenvalue weighted by atomic mass is 10.0. The zero-order chi connectivity index (χ0) is 24.8. The molecule has 0 amide bonds. The summed E-state index contributed by atoms with van der Waals surface area (Å²) in [5.41, 5.74) is 2.64. The molecule has 0 radical (unpaired) electrons. The first-order chi connectivity index (χ1) is 16.8. The highest BCUT2D eigenvalue weighted by Gasteiger charge is 2.23. The van der Waals surface area contributed by atoms with Gasteiger partial charge in [-0.1, -0.05) is 17.9 Å². The largest absolute Gasteiger partial charge is 0.480 e. The van der Waals surface area contributed by atoms with Crippen molar-refractivity contribution in [1.82, 2.24) is 14.9 Å². The van der Waals surface area contributed by atoms with E-state index in [-0.39, 0.29) is 23.0 Å². The van der Waals surface area contributed by atoms with E-state index >= 15 is 0 Å². The molecule has 2 aliphatic rings. The van der Waals surface area contributed by atoms with Crippen molar-refractivity contribution in [3.05, 3.63) is 47.9 Å². The maximum absolute atomic E-state index is 13.3. The average Bonchev–Trinajstić information content (AvgIpc) is 2.83. The van der Waals surface area contributed by atoms with E-state index in [1.807, 2.05) is 6.08 Å². The van der Waals surface area contributed by atoms with E-state index in [1.165, 1.54) is 13.3 Å². The first kappa shape index (κ1) is 25.1. The van der Waals surface area contributed by atoms with Crippen LogP contribution in [-0.4, -0.2) is 75.5 Å². The van der Waals surface area contributed by atoms with Gasteiger partial charge in [-0.05, 0) is 43.5 Å². The van der Waals surface area contributed by atoms with Crippen molar-refractivity contribution in [2.45, 2.75) is 37.4 Å². The summed E-state index contributed by atoms with van der Waals surface area (Å²) >= 11 is 0. The fraction of sp³-hybridized carbons (Fsp3) is 0.440. The minimum absolute atomic E-state index is 0.0202. The van der Waals surface area contributed by atoms with E-state index < -0.39 is 10.0 Å². The van der Waals surface area contributed by atoms with Gasteiger partial charge in [0.05, 0.1) is 51.0 Å².